The molecule has 0 bridgehead atoms. The van der Waals surface area contributed by atoms with Gasteiger partial charge in [0.1, 0.15) is 5.82 Å². The summed E-state index contributed by atoms with van der Waals surface area (Å²) in [7, 11) is 4.02. The van der Waals surface area contributed by atoms with Crippen LogP contribution in [0.4, 0.5) is 4.39 Å². The summed E-state index contributed by atoms with van der Waals surface area (Å²) < 4.78 is 12.5. The molecule has 1 aromatic rings. The zero-order valence-electron chi connectivity index (χ0n) is 7.71. The van der Waals surface area contributed by atoms with Crippen LogP contribution in [-0.4, -0.2) is 19.0 Å². The van der Waals surface area contributed by atoms with Crippen molar-refractivity contribution in [2.45, 2.75) is 13.0 Å². The molecule has 1 nitrogen and oxygen atoms in total. The van der Waals surface area contributed by atoms with E-state index < -0.39 is 0 Å². The highest BCUT2D eigenvalue weighted by molar-refractivity contribution is 5.19. The van der Waals surface area contributed by atoms with E-state index in [1.807, 2.05) is 26.2 Å². The van der Waals surface area contributed by atoms with Gasteiger partial charge in [0.05, 0.1) is 0 Å². The summed E-state index contributed by atoms with van der Waals surface area (Å²) in [5.74, 6) is -0.176. The maximum Gasteiger partial charge on any atom is 0.123 e. The van der Waals surface area contributed by atoms with Crippen molar-refractivity contribution in [3.63, 3.8) is 0 Å². The minimum atomic E-state index is -0.176. The summed E-state index contributed by atoms with van der Waals surface area (Å²) >= 11 is 0. The van der Waals surface area contributed by atoms with E-state index in [9.17, 15) is 4.39 Å². The lowest BCUT2D eigenvalue weighted by Crippen LogP contribution is -2.16. The van der Waals surface area contributed by atoms with Gasteiger partial charge in [-0.2, -0.15) is 0 Å². The van der Waals surface area contributed by atoms with E-state index in [0.717, 1.165) is 5.56 Å². The molecular weight excluding hydrogens is 153 g/mol. The predicted molar refractivity (Wildman–Crippen MR) is 48.5 cm³/mol. The van der Waals surface area contributed by atoms with Crippen LogP contribution >= 0.6 is 0 Å². The maximum atomic E-state index is 12.5. The van der Waals surface area contributed by atoms with E-state index in [1.54, 1.807) is 0 Å². The van der Waals surface area contributed by atoms with Gasteiger partial charge in [0.15, 0.2) is 0 Å². The third-order valence-electron chi connectivity index (χ3n) is 2.13. The highest BCUT2D eigenvalue weighted by atomic mass is 19.1. The van der Waals surface area contributed by atoms with E-state index in [0.29, 0.717) is 6.04 Å². The van der Waals surface area contributed by atoms with Gasteiger partial charge in [-0.15, -0.1) is 0 Å². The number of benzene rings is 1. The van der Waals surface area contributed by atoms with Gasteiger partial charge < -0.3 is 4.90 Å². The van der Waals surface area contributed by atoms with Gasteiger partial charge in [0, 0.05) is 6.04 Å². The van der Waals surface area contributed by atoms with Gasteiger partial charge >= 0.3 is 0 Å². The lowest BCUT2D eigenvalue weighted by atomic mass is 10.1. The van der Waals surface area contributed by atoms with Gasteiger partial charge in [-0.25, -0.2) is 4.39 Å². The first-order valence-corrected chi connectivity index (χ1v) is 4.03. The fourth-order valence-electron chi connectivity index (χ4n) is 1.04. The highest BCUT2D eigenvalue weighted by Gasteiger charge is 2.06. The molecule has 0 aliphatic rings. The molecule has 1 unspecified atom stereocenters. The Bertz CT molecular complexity index is 241. The Hall–Kier alpha value is -0.890. The molecule has 0 saturated heterocycles. The smallest absolute Gasteiger partial charge is 0.123 e. The number of hydrogen-bond acceptors (Lipinski definition) is 1. The average molecular weight is 167 g/mol. The first-order valence-electron chi connectivity index (χ1n) is 4.03. The van der Waals surface area contributed by atoms with Crippen molar-refractivity contribution < 1.29 is 4.39 Å². The molecule has 1 atom stereocenters. The number of rotatable bonds is 2. The van der Waals surface area contributed by atoms with E-state index >= 15 is 0 Å². The van der Waals surface area contributed by atoms with Crippen molar-refractivity contribution in [2.75, 3.05) is 14.1 Å². The first kappa shape index (κ1) is 9.20. The Balaban J connectivity index is 2.82. The molecule has 66 valence electrons. The molecule has 2 heteroatoms. The number of halogens is 1. The second-order valence-electron chi connectivity index (χ2n) is 3.19. The lowest BCUT2D eigenvalue weighted by molar-refractivity contribution is 0.321. The second kappa shape index (κ2) is 3.68. The Morgan fingerprint density at radius 3 is 2.08 bits per heavy atom. The number of nitrogens with zero attached hydrogens (tertiary/aromatic N) is 1. The van der Waals surface area contributed by atoms with Crippen LogP contribution in [0.5, 0.6) is 0 Å². The van der Waals surface area contributed by atoms with E-state index in [-0.39, 0.29) is 5.82 Å². The van der Waals surface area contributed by atoms with Crippen molar-refractivity contribution in [2.24, 2.45) is 0 Å². The highest BCUT2D eigenvalue weighted by Crippen LogP contribution is 2.16. The molecule has 0 aromatic heterocycles. The van der Waals surface area contributed by atoms with Gasteiger partial charge in [-0.1, -0.05) is 12.1 Å². The molecule has 0 aliphatic carbocycles. The molecule has 0 amide bonds. The molecule has 0 heterocycles. The average Bonchev–Trinajstić information content (AvgIpc) is 2.04. The van der Waals surface area contributed by atoms with Crippen molar-refractivity contribution in [1.82, 2.24) is 4.90 Å². The molecule has 12 heavy (non-hydrogen) atoms. The van der Waals surface area contributed by atoms with Crippen LogP contribution in [0, 0.1) is 5.82 Å². The van der Waals surface area contributed by atoms with Crippen LogP contribution in [0.3, 0.4) is 0 Å². The molecule has 1 rings (SSSR count). The summed E-state index contributed by atoms with van der Waals surface area (Å²) in [5, 5.41) is 0. The zero-order chi connectivity index (χ0) is 9.14. The normalized spacial score (nSPS) is 13.4. The van der Waals surface area contributed by atoms with E-state index in [1.165, 1.54) is 12.1 Å². The van der Waals surface area contributed by atoms with Crippen LogP contribution in [0.1, 0.15) is 18.5 Å². The van der Waals surface area contributed by atoms with Crippen LogP contribution in [0.25, 0.3) is 0 Å². The first-order chi connectivity index (χ1) is 5.61. The number of hydrogen-bond donors (Lipinski definition) is 0. The second-order valence-corrected chi connectivity index (χ2v) is 3.19. The molecule has 0 aliphatic heterocycles. The quantitative estimate of drug-likeness (QED) is 0.654. The molecule has 0 spiro atoms. The Morgan fingerprint density at radius 1 is 1.17 bits per heavy atom. The van der Waals surface area contributed by atoms with Gasteiger partial charge in [-0.3, -0.25) is 0 Å². The molecule has 0 fully saturated rings. The predicted octanol–water partition coefficient (Wildman–Crippen LogP) is 2.45. The molecule has 0 N–H and O–H groups in total. The Labute approximate surface area is 72.8 Å². The van der Waals surface area contributed by atoms with E-state index in [4.69, 9.17) is 0 Å². The zero-order valence-corrected chi connectivity index (χ0v) is 7.71. The third kappa shape index (κ3) is 2.05. The molecular formula is C10H14FN. The van der Waals surface area contributed by atoms with Crippen LogP contribution in [0.2, 0.25) is 0 Å². The van der Waals surface area contributed by atoms with Crippen LogP contribution < -0.4 is 0 Å². The van der Waals surface area contributed by atoms with Crippen LogP contribution in [0.15, 0.2) is 24.3 Å². The van der Waals surface area contributed by atoms with Gasteiger partial charge in [0.25, 0.3) is 0 Å². The topological polar surface area (TPSA) is 3.24 Å². The van der Waals surface area contributed by atoms with Crippen molar-refractivity contribution >= 4 is 0 Å². The minimum Gasteiger partial charge on any atom is -0.303 e. The maximum absolute atomic E-state index is 12.5. The van der Waals surface area contributed by atoms with Crippen molar-refractivity contribution in [3.05, 3.63) is 35.6 Å². The fraction of sp³-hybridized carbons (Fsp3) is 0.400. The van der Waals surface area contributed by atoms with Crippen molar-refractivity contribution in [3.8, 4) is 0 Å². The molecule has 0 radical (unpaired) electrons. The minimum absolute atomic E-state index is 0.176. The lowest BCUT2D eigenvalue weighted by Gasteiger charge is -2.19. The summed E-state index contributed by atoms with van der Waals surface area (Å²) in [5.41, 5.74) is 1.14. The standard InChI is InChI=1S/C10H14FN/c1-8(12(2)3)9-4-6-10(11)7-5-9/h4-8H,1-3H3. The van der Waals surface area contributed by atoms with E-state index in [2.05, 4.69) is 11.8 Å². The fourth-order valence-corrected chi connectivity index (χ4v) is 1.04. The van der Waals surface area contributed by atoms with Gasteiger partial charge in [0.2, 0.25) is 0 Å². The monoisotopic (exact) mass is 167 g/mol. The van der Waals surface area contributed by atoms with Gasteiger partial charge in [-0.05, 0) is 38.7 Å². The Morgan fingerprint density at radius 2 is 1.67 bits per heavy atom. The summed E-state index contributed by atoms with van der Waals surface area (Å²) in [6.45, 7) is 2.09. The third-order valence-corrected chi connectivity index (χ3v) is 2.13. The summed E-state index contributed by atoms with van der Waals surface area (Å²) in [4.78, 5) is 2.09. The Kier molecular flexibility index (Phi) is 2.82. The summed E-state index contributed by atoms with van der Waals surface area (Å²) in [6, 6.07) is 6.97. The molecule has 1 aromatic carbocycles. The largest absolute Gasteiger partial charge is 0.303 e. The molecule has 0 saturated carbocycles. The van der Waals surface area contributed by atoms with Crippen LogP contribution in [-0.2, 0) is 0 Å². The summed E-state index contributed by atoms with van der Waals surface area (Å²) in [6.07, 6.45) is 0. The SMILES string of the molecule is CC(c1ccc(F)cc1)N(C)C. The van der Waals surface area contributed by atoms with Crippen molar-refractivity contribution in [1.29, 1.82) is 0 Å².